The van der Waals surface area contributed by atoms with Crippen LogP contribution in [0.3, 0.4) is 0 Å². The highest BCUT2D eigenvalue weighted by Gasteiger charge is 2.15. The van der Waals surface area contributed by atoms with Crippen LogP contribution in [0.2, 0.25) is 0 Å². The smallest absolute Gasteiger partial charge is 0.311 e. The molecule has 0 aromatic rings. The Morgan fingerprint density at radius 3 is 2.50 bits per heavy atom. The first kappa shape index (κ1) is 12.9. The van der Waals surface area contributed by atoms with Gasteiger partial charge in [0.2, 0.25) is 0 Å². The predicted molar refractivity (Wildman–Crippen MR) is 61.0 cm³/mol. The molecule has 16 heavy (non-hydrogen) atoms. The van der Waals surface area contributed by atoms with Gasteiger partial charge in [0.25, 0.3) is 0 Å². The molecule has 6 nitrogen and oxygen atoms in total. The van der Waals surface area contributed by atoms with Gasteiger partial charge >= 0.3 is 11.8 Å². The van der Waals surface area contributed by atoms with E-state index in [1.165, 1.54) is 4.90 Å². The normalized spacial score (nSPS) is 16.9. The lowest BCUT2D eigenvalue weighted by Gasteiger charge is -2.27. The van der Waals surface area contributed by atoms with E-state index >= 15 is 0 Å². The second-order valence-corrected chi connectivity index (χ2v) is 4.05. The van der Waals surface area contributed by atoms with E-state index in [1.807, 2.05) is 0 Å². The minimum Gasteiger partial charge on any atom is -0.347 e. The van der Waals surface area contributed by atoms with E-state index in [2.05, 4.69) is 15.5 Å². The molecule has 0 aromatic heterocycles. The summed E-state index contributed by atoms with van der Waals surface area (Å²) >= 11 is 0. The van der Waals surface area contributed by atoms with Gasteiger partial charge in [0.1, 0.15) is 0 Å². The van der Waals surface area contributed by atoms with Crippen LogP contribution in [-0.4, -0.2) is 75.0 Å². The maximum Gasteiger partial charge on any atom is 0.311 e. The monoisotopic (exact) mass is 228 g/mol. The zero-order valence-electron chi connectivity index (χ0n) is 9.95. The van der Waals surface area contributed by atoms with Gasteiger partial charge in [-0.2, -0.15) is 0 Å². The summed E-state index contributed by atoms with van der Waals surface area (Å²) in [5, 5.41) is 5.88. The Morgan fingerprint density at radius 2 is 1.94 bits per heavy atom. The molecule has 1 aliphatic rings. The molecular weight excluding hydrogens is 208 g/mol. The highest BCUT2D eigenvalue weighted by molar-refractivity contribution is 6.34. The first-order valence-electron chi connectivity index (χ1n) is 5.54. The van der Waals surface area contributed by atoms with Crippen LogP contribution in [0.4, 0.5) is 0 Å². The number of rotatable bonds is 3. The van der Waals surface area contributed by atoms with Gasteiger partial charge < -0.3 is 15.5 Å². The van der Waals surface area contributed by atoms with E-state index in [9.17, 15) is 9.59 Å². The molecular formula is C10H20N4O2. The van der Waals surface area contributed by atoms with E-state index in [-0.39, 0.29) is 0 Å². The largest absolute Gasteiger partial charge is 0.347 e. The van der Waals surface area contributed by atoms with Crippen LogP contribution in [0.25, 0.3) is 0 Å². The minimum absolute atomic E-state index is 0.500. The van der Waals surface area contributed by atoms with Crippen LogP contribution >= 0.6 is 0 Å². The SMILES string of the molecule is CN(C)C(=O)C(=O)NCCN1CCNCC1. The van der Waals surface area contributed by atoms with E-state index in [1.54, 1.807) is 14.1 Å². The van der Waals surface area contributed by atoms with E-state index in [4.69, 9.17) is 0 Å². The summed E-state index contributed by atoms with van der Waals surface area (Å²) in [5.41, 5.74) is 0. The van der Waals surface area contributed by atoms with Crippen molar-refractivity contribution in [1.29, 1.82) is 0 Å². The molecule has 6 heteroatoms. The van der Waals surface area contributed by atoms with Crippen molar-refractivity contribution in [3.8, 4) is 0 Å². The molecule has 0 unspecified atom stereocenters. The van der Waals surface area contributed by atoms with Gasteiger partial charge in [-0.1, -0.05) is 0 Å². The van der Waals surface area contributed by atoms with Crippen molar-refractivity contribution < 1.29 is 9.59 Å². The van der Waals surface area contributed by atoms with Crippen molar-refractivity contribution in [3.63, 3.8) is 0 Å². The number of nitrogens with one attached hydrogen (secondary N) is 2. The third kappa shape index (κ3) is 4.16. The molecule has 2 amide bonds. The maximum absolute atomic E-state index is 11.3. The molecule has 0 bridgehead atoms. The molecule has 1 rings (SSSR count). The summed E-state index contributed by atoms with van der Waals surface area (Å²) in [5.74, 6) is -1.03. The van der Waals surface area contributed by atoms with Crippen molar-refractivity contribution in [2.24, 2.45) is 0 Å². The molecule has 2 N–H and O–H groups in total. The number of carbonyl (C=O) groups excluding carboxylic acids is 2. The molecule has 0 saturated carbocycles. The summed E-state index contributed by atoms with van der Waals surface area (Å²) in [6, 6.07) is 0. The quantitative estimate of drug-likeness (QED) is 0.554. The van der Waals surface area contributed by atoms with Crippen LogP contribution in [-0.2, 0) is 9.59 Å². The van der Waals surface area contributed by atoms with Crippen LogP contribution in [0.5, 0.6) is 0 Å². The van der Waals surface area contributed by atoms with Gasteiger partial charge in [-0.3, -0.25) is 14.5 Å². The standard InChI is InChI=1S/C10H20N4O2/c1-13(2)10(16)9(15)12-5-8-14-6-3-11-4-7-14/h11H,3-8H2,1-2H3,(H,12,15). The van der Waals surface area contributed by atoms with E-state index < -0.39 is 11.8 Å². The van der Waals surface area contributed by atoms with Crippen molar-refractivity contribution in [2.45, 2.75) is 0 Å². The van der Waals surface area contributed by atoms with Crippen molar-refractivity contribution in [2.75, 3.05) is 53.4 Å². The maximum atomic E-state index is 11.3. The molecule has 0 aromatic carbocycles. The lowest BCUT2D eigenvalue weighted by molar-refractivity contribution is -0.144. The molecule has 0 spiro atoms. The van der Waals surface area contributed by atoms with Gasteiger partial charge in [0.15, 0.2) is 0 Å². The fourth-order valence-electron chi connectivity index (χ4n) is 1.54. The molecule has 0 aliphatic carbocycles. The topological polar surface area (TPSA) is 64.7 Å². The average Bonchev–Trinajstić information content (AvgIpc) is 2.29. The fourth-order valence-corrected chi connectivity index (χ4v) is 1.54. The zero-order valence-corrected chi connectivity index (χ0v) is 9.95. The zero-order chi connectivity index (χ0) is 12.0. The Balaban J connectivity index is 2.14. The average molecular weight is 228 g/mol. The first-order chi connectivity index (χ1) is 7.61. The summed E-state index contributed by atoms with van der Waals surface area (Å²) in [7, 11) is 3.14. The fraction of sp³-hybridized carbons (Fsp3) is 0.800. The predicted octanol–water partition coefficient (Wildman–Crippen LogP) is -1.90. The van der Waals surface area contributed by atoms with Crippen LogP contribution in [0.15, 0.2) is 0 Å². The third-order valence-electron chi connectivity index (χ3n) is 2.52. The Morgan fingerprint density at radius 1 is 1.31 bits per heavy atom. The first-order valence-corrected chi connectivity index (χ1v) is 5.54. The molecule has 1 saturated heterocycles. The molecule has 1 heterocycles. The van der Waals surface area contributed by atoms with Crippen LogP contribution < -0.4 is 10.6 Å². The highest BCUT2D eigenvalue weighted by atomic mass is 16.2. The lowest BCUT2D eigenvalue weighted by Crippen LogP contribution is -2.47. The Kier molecular flexibility index (Phi) is 5.21. The lowest BCUT2D eigenvalue weighted by atomic mass is 10.3. The Labute approximate surface area is 96.0 Å². The number of hydrogen-bond acceptors (Lipinski definition) is 4. The van der Waals surface area contributed by atoms with Crippen LogP contribution in [0.1, 0.15) is 0 Å². The number of carbonyl (C=O) groups is 2. The summed E-state index contributed by atoms with van der Waals surface area (Å²) < 4.78 is 0. The Bertz CT molecular complexity index is 249. The molecule has 0 radical (unpaired) electrons. The third-order valence-corrected chi connectivity index (χ3v) is 2.52. The van der Waals surface area contributed by atoms with Gasteiger partial charge in [0, 0.05) is 53.4 Å². The second-order valence-electron chi connectivity index (χ2n) is 4.05. The number of amides is 2. The van der Waals surface area contributed by atoms with Crippen molar-refractivity contribution in [3.05, 3.63) is 0 Å². The van der Waals surface area contributed by atoms with Gasteiger partial charge in [-0.25, -0.2) is 0 Å². The van der Waals surface area contributed by atoms with Gasteiger partial charge in [-0.05, 0) is 0 Å². The summed E-state index contributed by atoms with van der Waals surface area (Å²) in [6.45, 7) is 5.30. The summed E-state index contributed by atoms with van der Waals surface area (Å²) in [6.07, 6.45) is 0. The molecule has 92 valence electrons. The number of nitrogens with zero attached hydrogens (tertiary/aromatic N) is 2. The van der Waals surface area contributed by atoms with Crippen LogP contribution in [0, 0.1) is 0 Å². The van der Waals surface area contributed by atoms with Gasteiger partial charge in [-0.15, -0.1) is 0 Å². The van der Waals surface area contributed by atoms with Crippen molar-refractivity contribution in [1.82, 2.24) is 20.4 Å². The number of hydrogen-bond donors (Lipinski definition) is 2. The highest BCUT2D eigenvalue weighted by Crippen LogP contribution is 1.90. The van der Waals surface area contributed by atoms with E-state index in [0.29, 0.717) is 6.54 Å². The second kappa shape index (κ2) is 6.44. The van der Waals surface area contributed by atoms with E-state index in [0.717, 1.165) is 32.7 Å². The number of piperazine rings is 1. The molecule has 1 aliphatic heterocycles. The number of likely N-dealkylation sites (N-methyl/N-ethyl adjacent to an activating group) is 1. The Hall–Kier alpha value is -1.14. The minimum atomic E-state index is -0.528. The molecule has 1 fully saturated rings. The molecule has 0 atom stereocenters. The van der Waals surface area contributed by atoms with Gasteiger partial charge in [0.05, 0.1) is 0 Å². The van der Waals surface area contributed by atoms with Crippen molar-refractivity contribution >= 4 is 11.8 Å². The summed E-state index contributed by atoms with van der Waals surface area (Å²) in [4.78, 5) is 26.0.